The van der Waals surface area contributed by atoms with Crippen molar-refractivity contribution in [3.05, 3.63) is 82.9 Å². The van der Waals surface area contributed by atoms with Crippen LogP contribution in [0.1, 0.15) is 34.0 Å². The SMILES string of the molecule is CCNc1ccc2c(c1)Oc1cc(N)ccc1C21OC(=O)c2ccccc21. The van der Waals surface area contributed by atoms with Crippen LogP contribution in [0.3, 0.4) is 0 Å². The minimum absolute atomic E-state index is 0.336. The Bertz CT molecular complexity index is 1090. The lowest BCUT2D eigenvalue weighted by atomic mass is 9.77. The molecule has 0 aliphatic carbocycles. The van der Waals surface area contributed by atoms with E-state index in [9.17, 15) is 4.79 Å². The molecule has 0 bridgehead atoms. The fourth-order valence-electron chi connectivity index (χ4n) is 4.01. The molecular weight excluding hydrogens is 340 g/mol. The lowest BCUT2D eigenvalue weighted by molar-refractivity contribution is 0.0224. The van der Waals surface area contributed by atoms with Gasteiger partial charge < -0.3 is 20.5 Å². The predicted octanol–water partition coefficient (Wildman–Crippen LogP) is 4.27. The third-order valence-electron chi connectivity index (χ3n) is 5.12. The Hall–Kier alpha value is -3.47. The van der Waals surface area contributed by atoms with Gasteiger partial charge in [0.05, 0.1) is 5.56 Å². The van der Waals surface area contributed by atoms with Gasteiger partial charge in [0.15, 0.2) is 5.60 Å². The first-order chi connectivity index (χ1) is 13.1. The minimum atomic E-state index is -1.03. The molecule has 2 heterocycles. The molecule has 1 unspecified atom stereocenters. The number of fused-ring (bicyclic) bond motifs is 6. The second-order valence-corrected chi connectivity index (χ2v) is 6.72. The van der Waals surface area contributed by atoms with Crippen LogP contribution in [0.2, 0.25) is 0 Å². The van der Waals surface area contributed by atoms with E-state index in [1.165, 1.54) is 0 Å². The van der Waals surface area contributed by atoms with E-state index in [4.69, 9.17) is 15.2 Å². The van der Waals surface area contributed by atoms with Gasteiger partial charge in [-0.05, 0) is 37.3 Å². The topological polar surface area (TPSA) is 73.6 Å². The molecular formula is C22H18N2O3. The van der Waals surface area contributed by atoms with Crippen molar-refractivity contribution in [1.29, 1.82) is 0 Å². The highest BCUT2D eigenvalue weighted by atomic mass is 16.6. The second kappa shape index (κ2) is 5.51. The molecule has 27 heavy (non-hydrogen) atoms. The number of carbonyl (C=O) groups is 1. The van der Waals surface area contributed by atoms with E-state index in [0.29, 0.717) is 22.7 Å². The molecule has 2 aliphatic heterocycles. The van der Waals surface area contributed by atoms with Crippen molar-refractivity contribution in [1.82, 2.24) is 0 Å². The van der Waals surface area contributed by atoms with E-state index in [1.807, 2.05) is 49.4 Å². The van der Waals surface area contributed by atoms with E-state index in [1.54, 1.807) is 18.2 Å². The molecule has 5 heteroatoms. The van der Waals surface area contributed by atoms with Crippen LogP contribution in [0, 0.1) is 0 Å². The molecule has 2 aliphatic rings. The number of esters is 1. The Morgan fingerprint density at radius 1 is 0.963 bits per heavy atom. The fourth-order valence-corrected chi connectivity index (χ4v) is 4.01. The first-order valence-corrected chi connectivity index (χ1v) is 8.92. The second-order valence-electron chi connectivity index (χ2n) is 6.72. The van der Waals surface area contributed by atoms with Crippen LogP contribution in [-0.2, 0) is 10.3 Å². The molecule has 0 amide bonds. The number of nitrogens with one attached hydrogen (secondary N) is 1. The third kappa shape index (κ3) is 2.08. The van der Waals surface area contributed by atoms with Crippen molar-refractivity contribution in [3.63, 3.8) is 0 Å². The lowest BCUT2D eigenvalue weighted by Gasteiger charge is -2.36. The zero-order chi connectivity index (χ0) is 18.6. The van der Waals surface area contributed by atoms with Gasteiger partial charge in [-0.25, -0.2) is 4.79 Å². The number of rotatable bonds is 2. The van der Waals surface area contributed by atoms with Crippen LogP contribution in [0.5, 0.6) is 11.5 Å². The van der Waals surface area contributed by atoms with Crippen molar-refractivity contribution < 1.29 is 14.3 Å². The van der Waals surface area contributed by atoms with E-state index >= 15 is 0 Å². The molecule has 1 spiro atoms. The highest BCUT2D eigenvalue weighted by Crippen LogP contribution is 2.56. The fraction of sp³-hybridized carbons (Fsp3) is 0.136. The molecule has 0 aromatic heterocycles. The van der Waals surface area contributed by atoms with Crippen LogP contribution in [0.4, 0.5) is 11.4 Å². The Balaban J connectivity index is 1.84. The molecule has 3 N–H and O–H groups in total. The van der Waals surface area contributed by atoms with Crippen LogP contribution < -0.4 is 15.8 Å². The Morgan fingerprint density at radius 2 is 1.70 bits per heavy atom. The van der Waals surface area contributed by atoms with E-state index in [2.05, 4.69) is 5.32 Å². The first-order valence-electron chi connectivity index (χ1n) is 8.92. The zero-order valence-electron chi connectivity index (χ0n) is 14.8. The van der Waals surface area contributed by atoms with Gasteiger partial charge in [0.25, 0.3) is 0 Å². The number of hydrogen-bond acceptors (Lipinski definition) is 5. The maximum Gasteiger partial charge on any atom is 0.340 e. The van der Waals surface area contributed by atoms with Crippen LogP contribution in [0.25, 0.3) is 0 Å². The summed E-state index contributed by atoms with van der Waals surface area (Å²) in [5.74, 6) is 0.911. The standard InChI is InChI=1S/C22H18N2O3/c1-2-24-14-8-10-18-20(12-14)26-19-11-13(23)7-9-17(19)22(18)16-6-4-3-5-15(16)21(25)27-22/h3-12,24H,2,23H2,1H3. The van der Waals surface area contributed by atoms with Crippen LogP contribution in [-0.4, -0.2) is 12.5 Å². The van der Waals surface area contributed by atoms with E-state index in [-0.39, 0.29) is 5.97 Å². The molecule has 3 aromatic rings. The first kappa shape index (κ1) is 15.8. The summed E-state index contributed by atoms with van der Waals surface area (Å²) in [4.78, 5) is 12.7. The van der Waals surface area contributed by atoms with Gasteiger partial charge in [-0.1, -0.05) is 18.2 Å². The molecule has 0 radical (unpaired) electrons. The van der Waals surface area contributed by atoms with Gasteiger partial charge in [0, 0.05) is 46.7 Å². The number of nitrogen functional groups attached to an aromatic ring is 1. The van der Waals surface area contributed by atoms with Crippen LogP contribution >= 0.6 is 0 Å². The van der Waals surface area contributed by atoms with Crippen molar-refractivity contribution in [2.45, 2.75) is 12.5 Å². The lowest BCUT2D eigenvalue weighted by Crippen LogP contribution is -2.33. The van der Waals surface area contributed by atoms with Gasteiger partial charge in [-0.3, -0.25) is 0 Å². The summed E-state index contributed by atoms with van der Waals surface area (Å²) in [7, 11) is 0. The molecule has 1 atom stereocenters. The van der Waals surface area contributed by atoms with Crippen molar-refractivity contribution in [3.8, 4) is 11.5 Å². The number of hydrogen-bond donors (Lipinski definition) is 2. The predicted molar refractivity (Wildman–Crippen MR) is 103 cm³/mol. The van der Waals surface area contributed by atoms with Crippen LogP contribution in [0.15, 0.2) is 60.7 Å². The van der Waals surface area contributed by atoms with E-state index in [0.717, 1.165) is 28.9 Å². The summed E-state index contributed by atoms with van der Waals surface area (Å²) >= 11 is 0. The Kier molecular flexibility index (Phi) is 3.22. The smallest absolute Gasteiger partial charge is 0.340 e. The average molecular weight is 358 g/mol. The number of carbonyl (C=O) groups excluding carboxylic acids is 1. The zero-order valence-corrected chi connectivity index (χ0v) is 14.8. The maximum atomic E-state index is 12.7. The highest BCUT2D eigenvalue weighted by molar-refractivity contribution is 5.97. The molecule has 5 rings (SSSR count). The summed E-state index contributed by atoms with van der Waals surface area (Å²) in [6.45, 7) is 2.83. The average Bonchev–Trinajstić information content (AvgIpc) is 2.95. The van der Waals surface area contributed by atoms with Crippen molar-refractivity contribution in [2.75, 3.05) is 17.6 Å². The van der Waals surface area contributed by atoms with Crippen molar-refractivity contribution in [2.24, 2.45) is 0 Å². The van der Waals surface area contributed by atoms with E-state index < -0.39 is 5.60 Å². The molecule has 5 nitrogen and oxygen atoms in total. The summed E-state index contributed by atoms with van der Waals surface area (Å²) in [6.07, 6.45) is 0. The van der Waals surface area contributed by atoms with Gasteiger partial charge in [-0.15, -0.1) is 0 Å². The molecule has 0 saturated carbocycles. The summed E-state index contributed by atoms with van der Waals surface area (Å²) < 4.78 is 12.2. The van der Waals surface area contributed by atoms with Gasteiger partial charge in [0.2, 0.25) is 0 Å². The third-order valence-corrected chi connectivity index (χ3v) is 5.12. The summed E-state index contributed by atoms with van der Waals surface area (Å²) in [6, 6.07) is 18.8. The Labute approximate surface area is 156 Å². The quantitative estimate of drug-likeness (QED) is 0.529. The summed E-state index contributed by atoms with van der Waals surface area (Å²) in [5, 5.41) is 3.29. The number of anilines is 2. The monoisotopic (exact) mass is 358 g/mol. The van der Waals surface area contributed by atoms with Gasteiger partial charge in [0.1, 0.15) is 11.5 Å². The van der Waals surface area contributed by atoms with Gasteiger partial charge >= 0.3 is 5.97 Å². The Morgan fingerprint density at radius 3 is 2.52 bits per heavy atom. The molecule has 0 saturated heterocycles. The number of benzene rings is 3. The maximum absolute atomic E-state index is 12.7. The number of nitrogens with two attached hydrogens (primary N) is 1. The number of ether oxygens (including phenoxy) is 2. The summed E-state index contributed by atoms with van der Waals surface area (Å²) in [5.41, 5.74) is 9.46. The molecule has 3 aromatic carbocycles. The molecule has 134 valence electrons. The van der Waals surface area contributed by atoms with Crippen molar-refractivity contribution >= 4 is 17.3 Å². The normalized spacial score (nSPS) is 18.9. The highest BCUT2D eigenvalue weighted by Gasteiger charge is 2.53. The minimum Gasteiger partial charge on any atom is -0.456 e. The largest absolute Gasteiger partial charge is 0.456 e. The van der Waals surface area contributed by atoms with Gasteiger partial charge in [-0.2, -0.15) is 0 Å². The molecule has 0 fully saturated rings.